The molecule has 7 heteroatoms. The summed E-state index contributed by atoms with van der Waals surface area (Å²) in [4.78, 5) is 4.90. The maximum absolute atomic E-state index is 12.8. The molecule has 0 bridgehead atoms. The monoisotopic (exact) mass is 416 g/mol. The molecule has 158 valence electrons. The SMILES string of the molecule is CCNC(=NCc1cccc(C)c1)NCc1ccccc1S(=O)(=O)NC(C)(C)C. The Morgan fingerprint density at radius 1 is 1.03 bits per heavy atom. The topological polar surface area (TPSA) is 82.6 Å². The van der Waals surface area contributed by atoms with Gasteiger partial charge >= 0.3 is 0 Å². The first-order chi connectivity index (χ1) is 13.6. The Hall–Kier alpha value is -2.38. The lowest BCUT2D eigenvalue weighted by atomic mass is 10.1. The maximum Gasteiger partial charge on any atom is 0.241 e. The number of nitrogens with one attached hydrogen (secondary N) is 3. The number of aryl methyl sites for hydroxylation is 1. The first-order valence-corrected chi connectivity index (χ1v) is 11.3. The second-order valence-corrected chi connectivity index (χ2v) is 9.65. The number of aliphatic imine (C=N–C) groups is 1. The molecule has 0 heterocycles. The minimum absolute atomic E-state index is 0.275. The smallest absolute Gasteiger partial charge is 0.241 e. The Morgan fingerprint density at radius 2 is 1.76 bits per heavy atom. The molecule has 0 saturated heterocycles. The molecule has 0 atom stereocenters. The summed E-state index contributed by atoms with van der Waals surface area (Å²) in [6.45, 7) is 11.1. The van der Waals surface area contributed by atoms with Crippen molar-refractivity contribution in [2.24, 2.45) is 4.99 Å². The minimum atomic E-state index is -3.62. The van der Waals surface area contributed by atoms with E-state index >= 15 is 0 Å². The van der Waals surface area contributed by atoms with Crippen LogP contribution < -0.4 is 15.4 Å². The molecule has 0 aliphatic heterocycles. The second-order valence-electron chi connectivity index (χ2n) is 8.00. The number of hydrogen-bond acceptors (Lipinski definition) is 3. The lowest BCUT2D eigenvalue weighted by Gasteiger charge is -2.22. The van der Waals surface area contributed by atoms with Gasteiger partial charge < -0.3 is 10.6 Å². The average Bonchev–Trinajstić information content (AvgIpc) is 2.62. The number of benzene rings is 2. The van der Waals surface area contributed by atoms with Crippen LogP contribution in [0.4, 0.5) is 0 Å². The van der Waals surface area contributed by atoms with E-state index in [-0.39, 0.29) is 4.90 Å². The second kappa shape index (κ2) is 9.89. The lowest BCUT2D eigenvalue weighted by molar-refractivity contribution is 0.491. The third-order valence-electron chi connectivity index (χ3n) is 4.00. The third kappa shape index (κ3) is 7.51. The standard InChI is InChI=1S/C22H32N4O2S/c1-6-23-21(24-15-18-11-9-10-17(2)14-18)25-16-19-12-7-8-13-20(19)29(27,28)26-22(3,4)5/h7-14,26H,6,15-16H2,1-5H3,(H2,23,24,25). The third-order valence-corrected chi connectivity index (χ3v) is 5.85. The molecule has 0 radical (unpaired) electrons. The summed E-state index contributed by atoms with van der Waals surface area (Å²) in [7, 11) is -3.62. The van der Waals surface area contributed by atoms with Gasteiger partial charge in [0.2, 0.25) is 10.0 Å². The van der Waals surface area contributed by atoms with Gasteiger partial charge in [0.1, 0.15) is 0 Å². The number of hydrogen-bond donors (Lipinski definition) is 3. The van der Waals surface area contributed by atoms with Gasteiger partial charge in [0.15, 0.2) is 5.96 Å². The van der Waals surface area contributed by atoms with Gasteiger partial charge in [0.25, 0.3) is 0 Å². The van der Waals surface area contributed by atoms with Crippen molar-refractivity contribution in [3.63, 3.8) is 0 Å². The molecule has 0 saturated carbocycles. The highest BCUT2D eigenvalue weighted by molar-refractivity contribution is 7.89. The van der Waals surface area contributed by atoms with Crippen molar-refractivity contribution in [2.45, 2.75) is 58.1 Å². The van der Waals surface area contributed by atoms with Crippen molar-refractivity contribution in [1.82, 2.24) is 15.4 Å². The molecular formula is C22H32N4O2S. The summed E-state index contributed by atoms with van der Waals surface area (Å²) in [5.41, 5.74) is 2.45. The zero-order valence-corrected chi connectivity index (χ0v) is 18.7. The number of sulfonamides is 1. The van der Waals surface area contributed by atoms with Gasteiger partial charge in [-0.2, -0.15) is 0 Å². The first-order valence-electron chi connectivity index (χ1n) is 9.80. The number of nitrogens with zero attached hydrogens (tertiary/aromatic N) is 1. The normalized spacial score (nSPS) is 12.7. The fraction of sp³-hybridized carbons (Fsp3) is 0.409. The van der Waals surface area contributed by atoms with E-state index in [9.17, 15) is 8.42 Å². The van der Waals surface area contributed by atoms with E-state index in [0.717, 1.165) is 5.56 Å². The van der Waals surface area contributed by atoms with E-state index < -0.39 is 15.6 Å². The van der Waals surface area contributed by atoms with Crippen LogP contribution in [-0.2, 0) is 23.1 Å². The summed E-state index contributed by atoms with van der Waals surface area (Å²) in [5, 5.41) is 6.45. The van der Waals surface area contributed by atoms with E-state index in [1.54, 1.807) is 12.1 Å². The molecule has 0 aliphatic carbocycles. The molecule has 3 N–H and O–H groups in total. The molecular weight excluding hydrogens is 384 g/mol. The Morgan fingerprint density at radius 3 is 2.41 bits per heavy atom. The van der Waals surface area contributed by atoms with Crippen LogP contribution in [0, 0.1) is 6.92 Å². The molecule has 0 spiro atoms. The first kappa shape index (κ1) is 22.9. The van der Waals surface area contributed by atoms with Gasteiger partial charge in [-0.05, 0) is 51.8 Å². The predicted molar refractivity (Wildman–Crippen MR) is 119 cm³/mol. The molecule has 6 nitrogen and oxygen atoms in total. The molecule has 2 rings (SSSR count). The fourth-order valence-electron chi connectivity index (χ4n) is 2.87. The fourth-order valence-corrected chi connectivity index (χ4v) is 4.53. The predicted octanol–water partition coefficient (Wildman–Crippen LogP) is 3.33. The van der Waals surface area contributed by atoms with Crippen LogP contribution in [-0.4, -0.2) is 26.5 Å². The van der Waals surface area contributed by atoms with Crippen molar-refractivity contribution in [1.29, 1.82) is 0 Å². The molecule has 0 unspecified atom stereocenters. The Labute approximate surface area is 174 Å². The highest BCUT2D eigenvalue weighted by atomic mass is 32.2. The van der Waals surface area contributed by atoms with Gasteiger partial charge in [0.05, 0.1) is 11.4 Å². The van der Waals surface area contributed by atoms with Gasteiger partial charge in [0, 0.05) is 18.6 Å². The minimum Gasteiger partial charge on any atom is -0.357 e. The highest BCUT2D eigenvalue weighted by Crippen LogP contribution is 2.17. The average molecular weight is 417 g/mol. The van der Waals surface area contributed by atoms with Crippen LogP contribution in [0.3, 0.4) is 0 Å². The van der Waals surface area contributed by atoms with Gasteiger partial charge in [-0.25, -0.2) is 18.1 Å². The van der Waals surface area contributed by atoms with Crippen molar-refractivity contribution in [3.8, 4) is 0 Å². The molecule has 0 aliphatic rings. The van der Waals surface area contributed by atoms with Crippen LogP contribution in [0.15, 0.2) is 58.4 Å². The van der Waals surface area contributed by atoms with Crippen molar-refractivity contribution in [3.05, 3.63) is 65.2 Å². The lowest BCUT2D eigenvalue weighted by Crippen LogP contribution is -2.41. The van der Waals surface area contributed by atoms with E-state index in [0.29, 0.717) is 31.2 Å². The van der Waals surface area contributed by atoms with Crippen molar-refractivity contribution in [2.75, 3.05) is 6.54 Å². The molecule has 2 aromatic rings. The number of rotatable bonds is 7. The Balaban J connectivity index is 2.17. The van der Waals surface area contributed by atoms with E-state index in [2.05, 4.69) is 39.4 Å². The summed E-state index contributed by atoms with van der Waals surface area (Å²) in [6.07, 6.45) is 0. The van der Waals surface area contributed by atoms with Gasteiger partial charge in [-0.1, -0.05) is 48.0 Å². The molecule has 0 fully saturated rings. The van der Waals surface area contributed by atoms with E-state index in [1.165, 1.54) is 5.56 Å². The quantitative estimate of drug-likeness (QED) is 0.478. The zero-order valence-electron chi connectivity index (χ0n) is 17.9. The van der Waals surface area contributed by atoms with E-state index in [1.807, 2.05) is 52.0 Å². The summed E-state index contributed by atoms with van der Waals surface area (Å²) < 4.78 is 28.3. The Bertz CT molecular complexity index is 947. The van der Waals surface area contributed by atoms with Crippen LogP contribution in [0.1, 0.15) is 44.4 Å². The molecule has 0 aromatic heterocycles. The van der Waals surface area contributed by atoms with Crippen molar-refractivity contribution < 1.29 is 8.42 Å². The van der Waals surface area contributed by atoms with Crippen molar-refractivity contribution >= 4 is 16.0 Å². The van der Waals surface area contributed by atoms with Crippen LogP contribution in [0.2, 0.25) is 0 Å². The van der Waals surface area contributed by atoms with E-state index in [4.69, 9.17) is 0 Å². The Kier molecular flexibility index (Phi) is 7.81. The van der Waals surface area contributed by atoms with Crippen LogP contribution in [0.25, 0.3) is 0 Å². The summed E-state index contributed by atoms with van der Waals surface area (Å²) in [5.74, 6) is 0.644. The van der Waals surface area contributed by atoms with Gasteiger partial charge in [-0.3, -0.25) is 0 Å². The molecule has 0 amide bonds. The van der Waals surface area contributed by atoms with Crippen LogP contribution in [0.5, 0.6) is 0 Å². The summed E-state index contributed by atoms with van der Waals surface area (Å²) >= 11 is 0. The maximum atomic E-state index is 12.8. The molecule has 2 aromatic carbocycles. The van der Waals surface area contributed by atoms with Gasteiger partial charge in [-0.15, -0.1) is 0 Å². The number of guanidine groups is 1. The van der Waals surface area contributed by atoms with Crippen LogP contribution >= 0.6 is 0 Å². The molecule has 29 heavy (non-hydrogen) atoms. The largest absolute Gasteiger partial charge is 0.357 e. The zero-order chi connectivity index (χ0) is 21.5. The summed E-state index contributed by atoms with van der Waals surface area (Å²) in [6, 6.07) is 15.2. The highest BCUT2D eigenvalue weighted by Gasteiger charge is 2.24.